The molecule has 2 N–H and O–H groups in total. The van der Waals surface area contributed by atoms with Crippen molar-refractivity contribution in [3.05, 3.63) is 42.5 Å². The van der Waals surface area contributed by atoms with E-state index in [-0.39, 0.29) is 19.1 Å². The van der Waals surface area contributed by atoms with E-state index in [9.17, 15) is 4.79 Å². The summed E-state index contributed by atoms with van der Waals surface area (Å²) >= 11 is 0. The van der Waals surface area contributed by atoms with Gasteiger partial charge >= 0.3 is 5.97 Å². The number of carbonyl (C=O) groups excluding carboxylic acids is 1. The largest absolute Gasteiger partial charge is 0.489 e. The Labute approximate surface area is 112 Å². The van der Waals surface area contributed by atoms with Crippen molar-refractivity contribution in [2.45, 2.75) is 13.0 Å². The van der Waals surface area contributed by atoms with Gasteiger partial charge in [-0.2, -0.15) is 0 Å². The molecule has 2 aromatic carbocycles. The van der Waals surface area contributed by atoms with Crippen molar-refractivity contribution >= 4 is 16.7 Å². The van der Waals surface area contributed by atoms with Crippen molar-refractivity contribution < 1.29 is 14.3 Å². The fourth-order valence-electron chi connectivity index (χ4n) is 1.89. The van der Waals surface area contributed by atoms with Crippen LogP contribution in [-0.4, -0.2) is 25.2 Å². The molecule has 0 unspecified atom stereocenters. The summed E-state index contributed by atoms with van der Waals surface area (Å²) in [5.74, 6) is 0.417. The third kappa shape index (κ3) is 3.45. The topological polar surface area (TPSA) is 61.5 Å². The number of benzene rings is 2. The van der Waals surface area contributed by atoms with Gasteiger partial charge in [0.15, 0.2) is 0 Å². The summed E-state index contributed by atoms with van der Waals surface area (Å²) in [5, 5.41) is 2.14. The average molecular weight is 259 g/mol. The Balaban J connectivity index is 2.11. The Bertz CT molecular complexity index is 563. The minimum absolute atomic E-state index is 0.240. The van der Waals surface area contributed by atoms with Crippen LogP contribution in [0.2, 0.25) is 0 Å². The maximum absolute atomic E-state index is 10.9. The second kappa shape index (κ2) is 6.20. The number of esters is 1. The molecule has 0 saturated heterocycles. The van der Waals surface area contributed by atoms with Crippen LogP contribution in [0.5, 0.6) is 5.75 Å². The van der Waals surface area contributed by atoms with Gasteiger partial charge in [0.05, 0.1) is 0 Å². The Morgan fingerprint density at radius 3 is 2.68 bits per heavy atom. The first-order valence-electron chi connectivity index (χ1n) is 6.18. The van der Waals surface area contributed by atoms with Gasteiger partial charge in [0.1, 0.15) is 18.5 Å². The zero-order valence-corrected chi connectivity index (χ0v) is 10.8. The van der Waals surface area contributed by atoms with Crippen molar-refractivity contribution in [3.8, 4) is 5.75 Å². The van der Waals surface area contributed by atoms with Gasteiger partial charge in [-0.25, -0.2) is 0 Å². The molecule has 2 aromatic rings. The van der Waals surface area contributed by atoms with Crippen molar-refractivity contribution in [1.29, 1.82) is 0 Å². The van der Waals surface area contributed by atoms with E-state index < -0.39 is 6.10 Å². The molecular weight excluding hydrogens is 242 g/mol. The second-order valence-electron chi connectivity index (χ2n) is 4.26. The molecule has 4 nitrogen and oxygen atoms in total. The molecule has 0 aliphatic heterocycles. The lowest BCUT2D eigenvalue weighted by Gasteiger charge is -2.16. The van der Waals surface area contributed by atoms with Gasteiger partial charge in [-0.3, -0.25) is 4.79 Å². The molecule has 0 aliphatic carbocycles. The number of fused-ring (bicyclic) bond motifs is 1. The zero-order valence-electron chi connectivity index (χ0n) is 10.8. The second-order valence-corrected chi connectivity index (χ2v) is 4.26. The summed E-state index contributed by atoms with van der Waals surface area (Å²) in [7, 11) is 0. The molecule has 0 fully saturated rings. The highest BCUT2D eigenvalue weighted by Gasteiger charge is 2.11. The lowest BCUT2D eigenvalue weighted by molar-refractivity contribution is -0.147. The van der Waals surface area contributed by atoms with E-state index in [0.29, 0.717) is 0 Å². The van der Waals surface area contributed by atoms with E-state index in [1.807, 2.05) is 42.5 Å². The number of hydrogen-bond acceptors (Lipinski definition) is 4. The summed E-state index contributed by atoms with van der Waals surface area (Å²) in [5.41, 5.74) is 5.54. The van der Waals surface area contributed by atoms with E-state index in [1.54, 1.807) is 0 Å². The highest BCUT2D eigenvalue weighted by molar-refractivity contribution is 5.88. The fourth-order valence-corrected chi connectivity index (χ4v) is 1.89. The highest BCUT2D eigenvalue weighted by atomic mass is 16.6. The van der Waals surface area contributed by atoms with Crippen molar-refractivity contribution in [2.75, 3.05) is 13.2 Å². The molecule has 0 aromatic heterocycles. The quantitative estimate of drug-likeness (QED) is 0.835. The average Bonchev–Trinajstić information content (AvgIpc) is 2.43. The molecule has 2 rings (SSSR count). The van der Waals surface area contributed by atoms with Gasteiger partial charge in [-0.05, 0) is 11.5 Å². The van der Waals surface area contributed by atoms with Gasteiger partial charge in [0.2, 0.25) is 0 Å². The molecule has 0 saturated carbocycles. The van der Waals surface area contributed by atoms with Crippen LogP contribution in [-0.2, 0) is 9.53 Å². The van der Waals surface area contributed by atoms with Crippen molar-refractivity contribution in [2.24, 2.45) is 5.73 Å². The predicted octanol–water partition coefficient (Wildman–Crippen LogP) is 2.11. The Morgan fingerprint density at radius 1 is 1.21 bits per heavy atom. The van der Waals surface area contributed by atoms with Gasteiger partial charge in [0, 0.05) is 18.9 Å². The minimum Gasteiger partial charge on any atom is -0.489 e. The minimum atomic E-state index is -0.420. The Morgan fingerprint density at radius 2 is 1.95 bits per heavy atom. The molecule has 1 atom stereocenters. The normalized spacial score (nSPS) is 12.1. The van der Waals surface area contributed by atoms with Crippen molar-refractivity contribution in [1.82, 2.24) is 0 Å². The fraction of sp³-hybridized carbons (Fsp3) is 0.267. The molecule has 0 heterocycles. The van der Waals surface area contributed by atoms with Crippen LogP contribution >= 0.6 is 0 Å². The lowest BCUT2D eigenvalue weighted by atomic mass is 10.1. The van der Waals surface area contributed by atoms with E-state index in [2.05, 4.69) is 0 Å². The number of rotatable bonds is 5. The number of nitrogens with two attached hydrogens (primary N) is 1. The number of carbonyl (C=O) groups is 1. The molecular formula is C15H17NO3. The molecule has 0 spiro atoms. The summed E-state index contributed by atoms with van der Waals surface area (Å²) in [6.45, 7) is 1.86. The summed E-state index contributed by atoms with van der Waals surface area (Å²) < 4.78 is 10.8. The van der Waals surface area contributed by atoms with Crippen LogP contribution in [0.4, 0.5) is 0 Å². The van der Waals surface area contributed by atoms with E-state index in [4.69, 9.17) is 15.2 Å². The zero-order chi connectivity index (χ0) is 13.7. The van der Waals surface area contributed by atoms with E-state index >= 15 is 0 Å². The predicted molar refractivity (Wildman–Crippen MR) is 74.1 cm³/mol. The standard InChI is InChI=1S/C15H17NO3/c1-11(17)19-13(9-16)10-18-15-8-4-6-12-5-2-3-7-14(12)15/h2-8,13H,9-10,16H2,1H3/t13-/m1/s1. The van der Waals surface area contributed by atoms with Gasteiger partial charge < -0.3 is 15.2 Å². The number of hydrogen-bond donors (Lipinski definition) is 1. The third-order valence-corrected chi connectivity index (χ3v) is 2.77. The van der Waals surface area contributed by atoms with Crippen LogP contribution in [0.1, 0.15) is 6.92 Å². The monoisotopic (exact) mass is 259 g/mol. The van der Waals surface area contributed by atoms with Crippen LogP contribution in [0.15, 0.2) is 42.5 Å². The summed E-state index contributed by atoms with van der Waals surface area (Å²) in [4.78, 5) is 10.9. The maximum atomic E-state index is 10.9. The molecule has 0 aliphatic rings. The van der Waals surface area contributed by atoms with Crippen LogP contribution < -0.4 is 10.5 Å². The highest BCUT2D eigenvalue weighted by Crippen LogP contribution is 2.25. The summed E-state index contributed by atoms with van der Waals surface area (Å²) in [6.07, 6.45) is -0.420. The summed E-state index contributed by atoms with van der Waals surface area (Å²) in [6, 6.07) is 13.8. The SMILES string of the molecule is CC(=O)O[C@H](CN)COc1cccc2ccccc12. The molecule has 0 amide bonds. The van der Waals surface area contributed by atoms with E-state index in [1.165, 1.54) is 6.92 Å². The van der Waals surface area contributed by atoms with Crippen LogP contribution in [0, 0.1) is 0 Å². The Kier molecular flexibility index (Phi) is 4.36. The number of ether oxygens (including phenoxy) is 2. The van der Waals surface area contributed by atoms with Crippen LogP contribution in [0.3, 0.4) is 0 Å². The first kappa shape index (κ1) is 13.4. The maximum Gasteiger partial charge on any atom is 0.303 e. The van der Waals surface area contributed by atoms with Gasteiger partial charge in [-0.1, -0.05) is 36.4 Å². The third-order valence-electron chi connectivity index (χ3n) is 2.77. The van der Waals surface area contributed by atoms with Crippen LogP contribution in [0.25, 0.3) is 10.8 Å². The molecule has 0 radical (unpaired) electrons. The first-order valence-corrected chi connectivity index (χ1v) is 6.18. The molecule has 0 bridgehead atoms. The molecule has 19 heavy (non-hydrogen) atoms. The smallest absolute Gasteiger partial charge is 0.303 e. The first-order chi connectivity index (χ1) is 9.20. The van der Waals surface area contributed by atoms with E-state index in [0.717, 1.165) is 16.5 Å². The Hall–Kier alpha value is -2.07. The lowest BCUT2D eigenvalue weighted by Crippen LogP contribution is -2.31. The van der Waals surface area contributed by atoms with Crippen molar-refractivity contribution in [3.63, 3.8) is 0 Å². The molecule has 4 heteroatoms. The van der Waals surface area contributed by atoms with Gasteiger partial charge in [-0.15, -0.1) is 0 Å². The molecule has 100 valence electrons. The van der Waals surface area contributed by atoms with Gasteiger partial charge in [0.25, 0.3) is 0 Å².